The van der Waals surface area contributed by atoms with Gasteiger partial charge in [-0.1, -0.05) is 0 Å². The van der Waals surface area contributed by atoms with E-state index in [2.05, 4.69) is 0 Å². The number of hydrogen-bond donors (Lipinski definition) is 0. The van der Waals surface area contributed by atoms with Gasteiger partial charge in [-0.3, -0.25) is 0 Å². The van der Waals surface area contributed by atoms with Crippen LogP contribution in [0.15, 0.2) is 0 Å². The van der Waals surface area contributed by atoms with Crippen LogP contribution in [0.3, 0.4) is 0 Å². The Labute approximate surface area is 48.4 Å². The molecule has 1 aliphatic heterocycles. The highest BCUT2D eigenvalue weighted by molar-refractivity contribution is 8.00. The molecule has 1 nitrogen and oxygen atoms in total. The van der Waals surface area contributed by atoms with Crippen LogP contribution in [0.2, 0.25) is 0 Å². The van der Waals surface area contributed by atoms with Gasteiger partial charge in [0, 0.05) is 13.0 Å². The van der Waals surface area contributed by atoms with Crippen LogP contribution in [-0.4, -0.2) is 25.2 Å². The Morgan fingerprint density at radius 2 is 2.43 bits per heavy atom. The summed E-state index contributed by atoms with van der Waals surface area (Å²) in [6, 6.07) is 0. The first-order valence-corrected chi connectivity index (χ1v) is 3.65. The number of thioether (sulfide) groups is 1. The Morgan fingerprint density at radius 3 is 2.57 bits per heavy atom. The molecule has 0 amide bonds. The van der Waals surface area contributed by atoms with Gasteiger partial charge >= 0.3 is 0 Å². The Morgan fingerprint density at radius 1 is 1.71 bits per heavy atom. The summed E-state index contributed by atoms with van der Waals surface area (Å²) in [5.41, 5.74) is 0. The number of hydrogen-bond acceptors (Lipinski definition) is 2. The van der Waals surface area contributed by atoms with E-state index in [4.69, 9.17) is 4.74 Å². The van der Waals surface area contributed by atoms with Gasteiger partial charge in [-0.25, -0.2) is 0 Å². The molecule has 0 N–H and O–H groups in total. The van der Waals surface area contributed by atoms with Crippen LogP contribution in [0.4, 0.5) is 0 Å². The summed E-state index contributed by atoms with van der Waals surface area (Å²) < 4.78 is 4.93. The van der Waals surface area contributed by atoms with E-state index in [1.165, 1.54) is 11.5 Å². The molecule has 0 aromatic heterocycles. The summed E-state index contributed by atoms with van der Waals surface area (Å²) in [5.74, 6) is 3.50. The van der Waals surface area contributed by atoms with Crippen LogP contribution >= 0.6 is 11.8 Å². The van der Waals surface area contributed by atoms with Gasteiger partial charge in [-0.15, -0.1) is 0 Å². The van der Waals surface area contributed by atoms with E-state index in [9.17, 15) is 0 Å². The predicted molar refractivity (Wildman–Crippen MR) is 32.7 cm³/mol. The van der Waals surface area contributed by atoms with Gasteiger partial charge in [0.05, 0.1) is 6.61 Å². The molecule has 0 aromatic carbocycles. The second-order valence-electron chi connectivity index (χ2n) is 1.86. The average Bonchev–Trinajstić information content (AvgIpc) is 1.55. The SMILES string of the molecule is COCC1CSC1. The molecule has 1 saturated heterocycles. The molecule has 0 spiro atoms. The maximum atomic E-state index is 4.93. The number of ether oxygens (including phenoxy) is 1. The highest BCUT2D eigenvalue weighted by Gasteiger charge is 2.16. The monoisotopic (exact) mass is 118 g/mol. The van der Waals surface area contributed by atoms with Crippen LogP contribution in [-0.2, 0) is 4.74 Å². The van der Waals surface area contributed by atoms with Crippen molar-refractivity contribution in [3.8, 4) is 0 Å². The zero-order chi connectivity index (χ0) is 5.11. The van der Waals surface area contributed by atoms with Gasteiger partial charge in [0.25, 0.3) is 0 Å². The quantitative estimate of drug-likeness (QED) is 0.535. The molecule has 0 unspecified atom stereocenters. The van der Waals surface area contributed by atoms with E-state index in [1.807, 2.05) is 11.8 Å². The van der Waals surface area contributed by atoms with Crippen LogP contribution in [0.1, 0.15) is 0 Å². The van der Waals surface area contributed by atoms with Crippen molar-refractivity contribution in [1.82, 2.24) is 0 Å². The first-order valence-electron chi connectivity index (χ1n) is 2.50. The maximum absolute atomic E-state index is 4.93. The Hall–Kier alpha value is 0.310. The fraction of sp³-hybridized carbons (Fsp3) is 1.00. The van der Waals surface area contributed by atoms with Crippen molar-refractivity contribution in [3.63, 3.8) is 0 Å². The lowest BCUT2D eigenvalue weighted by atomic mass is 10.2. The van der Waals surface area contributed by atoms with Gasteiger partial charge in [0.2, 0.25) is 0 Å². The third-order valence-corrected chi connectivity index (χ3v) is 2.52. The van der Waals surface area contributed by atoms with Crippen molar-refractivity contribution in [2.75, 3.05) is 25.2 Å². The van der Waals surface area contributed by atoms with E-state index in [-0.39, 0.29) is 0 Å². The van der Waals surface area contributed by atoms with E-state index in [1.54, 1.807) is 7.11 Å². The molecule has 1 aliphatic rings. The molecule has 1 fully saturated rings. The minimum atomic E-state index is 0.870. The molecule has 1 rings (SSSR count). The third kappa shape index (κ3) is 1.35. The largest absolute Gasteiger partial charge is 0.384 e. The lowest BCUT2D eigenvalue weighted by Crippen LogP contribution is -2.22. The van der Waals surface area contributed by atoms with Crippen molar-refractivity contribution in [2.24, 2.45) is 5.92 Å². The lowest BCUT2D eigenvalue weighted by molar-refractivity contribution is 0.166. The first kappa shape index (κ1) is 5.45. The highest BCUT2D eigenvalue weighted by Crippen LogP contribution is 2.23. The number of rotatable bonds is 2. The second kappa shape index (κ2) is 2.58. The number of methoxy groups -OCH3 is 1. The Bertz CT molecular complexity index is 52.0. The summed E-state index contributed by atoms with van der Waals surface area (Å²) in [6.45, 7) is 0.965. The molecule has 2 heteroatoms. The van der Waals surface area contributed by atoms with Gasteiger partial charge in [0.15, 0.2) is 0 Å². The summed E-state index contributed by atoms with van der Waals surface area (Å²) >= 11 is 2.01. The van der Waals surface area contributed by atoms with Crippen molar-refractivity contribution < 1.29 is 4.74 Å². The van der Waals surface area contributed by atoms with Crippen LogP contribution < -0.4 is 0 Å². The Kier molecular flexibility index (Phi) is 2.00. The van der Waals surface area contributed by atoms with Crippen molar-refractivity contribution >= 4 is 11.8 Å². The summed E-state index contributed by atoms with van der Waals surface area (Å²) in [6.07, 6.45) is 0. The minimum absolute atomic E-state index is 0.870. The minimum Gasteiger partial charge on any atom is -0.384 e. The summed E-state index contributed by atoms with van der Waals surface area (Å²) in [4.78, 5) is 0. The van der Waals surface area contributed by atoms with Crippen LogP contribution in [0, 0.1) is 5.92 Å². The van der Waals surface area contributed by atoms with E-state index in [0.717, 1.165) is 12.5 Å². The second-order valence-corrected chi connectivity index (χ2v) is 2.93. The maximum Gasteiger partial charge on any atom is 0.0506 e. The predicted octanol–water partition coefficient (Wildman–Crippen LogP) is 0.996. The van der Waals surface area contributed by atoms with Crippen LogP contribution in [0.25, 0.3) is 0 Å². The van der Waals surface area contributed by atoms with E-state index < -0.39 is 0 Å². The first-order chi connectivity index (χ1) is 3.43. The molecular weight excluding hydrogens is 108 g/mol. The van der Waals surface area contributed by atoms with Gasteiger partial charge in [-0.05, 0) is 11.5 Å². The molecule has 1 heterocycles. The highest BCUT2D eigenvalue weighted by atomic mass is 32.2. The van der Waals surface area contributed by atoms with Crippen molar-refractivity contribution in [3.05, 3.63) is 0 Å². The van der Waals surface area contributed by atoms with E-state index >= 15 is 0 Å². The smallest absolute Gasteiger partial charge is 0.0506 e. The third-order valence-electron chi connectivity index (χ3n) is 1.11. The van der Waals surface area contributed by atoms with Crippen molar-refractivity contribution in [2.45, 2.75) is 0 Å². The van der Waals surface area contributed by atoms with Crippen LogP contribution in [0.5, 0.6) is 0 Å². The molecule has 0 aromatic rings. The zero-order valence-corrected chi connectivity index (χ0v) is 5.33. The molecule has 0 radical (unpaired) electrons. The standard InChI is InChI=1S/C5H10OS/c1-6-2-5-3-7-4-5/h5H,2-4H2,1H3. The lowest BCUT2D eigenvalue weighted by Gasteiger charge is -2.23. The zero-order valence-electron chi connectivity index (χ0n) is 4.52. The van der Waals surface area contributed by atoms with Gasteiger partial charge in [-0.2, -0.15) is 11.8 Å². The molecule has 0 aliphatic carbocycles. The molecule has 0 bridgehead atoms. The fourth-order valence-electron chi connectivity index (χ4n) is 0.616. The van der Waals surface area contributed by atoms with Gasteiger partial charge in [0.1, 0.15) is 0 Å². The molecule has 7 heavy (non-hydrogen) atoms. The molecule has 0 atom stereocenters. The molecule has 0 saturated carbocycles. The van der Waals surface area contributed by atoms with Crippen molar-refractivity contribution in [1.29, 1.82) is 0 Å². The topological polar surface area (TPSA) is 9.23 Å². The average molecular weight is 118 g/mol. The fourth-order valence-corrected chi connectivity index (χ4v) is 1.38. The van der Waals surface area contributed by atoms with E-state index in [0.29, 0.717) is 0 Å². The molecular formula is C5H10OS. The summed E-state index contributed by atoms with van der Waals surface area (Å²) in [5, 5.41) is 0. The summed E-state index contributed by atoms with van der Waals surface area (Å²) in [7, 11) is 1.77. The Balaban J connectivity index is 1.93. The van der Waals surface area contributed by atoms with Gasteiger partial charge < -0.3 is 4.74 Å². The molecule has 42 valence electrons. The normalized spacial score (nSPS) is 21.9.